The normalized spacial score (nSPS) is 32.0. The first kappa shape index (κ1) is 16.0. The number of aliphatic hydroxyl groups excluding tert-OH is 2. The highest BCUT2D eigenvalue weighted by molar-refractivity contribution is 5.84. The van der Waals surface area contributed by atoms with Gasteiger partial charge in [0.1, 0.15) is 12.2 Å². The second-order valence-corrected chi connectivity index (χ2v) is 6.24. The molecule has 1 aliphatic heterocycles. The number of aliphatic hydroxyl groups is 2. The van der Waals surface area contributed by atoms with Crippen molar-refractivity contribution >= 4 is 22.9 Å². The molecule has 2 fully saturated rings. The molecule has 10 heteroatoms. The summed E-state index contributed by atoms with van der Waals surface area (Å²) in [6.07, 6.45) is 4.39. The Morgan fingerprint density at radius 3 is 2.92 bits per heavy atom. The number of nitrogens with zero attached hydrogens (tertiary/aromatic N) is 4. The molecule has 4 unspecified atom stereocenters. The van der Waals surface area contributed by atoms with Gasteiger partial charge in [0.2, 0.25) is 11.6 Å². The molecule has 9 nitrogen and oxygen atoms in total. The number of terminal acetylenes is 1. The Kier molecular flexibility index (Phi) is 3.54. The molecule has 0 aromatic carbocycles. The van der Waals surface area contributed by atoms with Crippen molar-refractivity contribution in [2.75, 3.05) is 17.7 Å². The average Bonchev–Trinajstić information content (AvgIpc) is 3.26. The van der Waals surface area contributed by atoms with Gasteiger partial charge in [0.25, 0.3) is 0 Å². The summed E-state index contributed by atoms with van der Waals surface area (Å²) in [4.78, 5) is 12.5. The van der Waals surface area contributed by atoms with Crippen molar-refractivity contribution in [1.82, 2.24) is 19.5 Å². The van der Waals surface area contributed by atoms with E-state index in [0.717, 1.165) is 12.8 Å². The first-order valence-electron chi connectivity index (χ1n) is 7.85. The van der Waals surface area contributed by atoms with Gasteiger partial charge in [-0.1, -0.05) is 5.92 Å². The third-order valence-electron chi connectivity index (χ3n) is 4.46. The molecule has 1 aliphatic carbocycles. The molecule has 4 atom stereocenters. The maximum absolute atomic E-state index is 15.2. The van der Waals surface area contributed by atoms with E-state index in [9.17, 15) is 10.2 Å². The SMILES string of the molecule is C#CC1(F)C(O)C(CO)OC1n1cnc2c(NC3CC3)nc(N)nc21. The van der Waals surface area contributed by atoms with Crippen LogP contribution >= 0.6 is 0 Å². The highest BCUT2D eigenvalue weighted by atomic mass is 19.1. The molecule has 0 amide bonds. The van der Waals surface area contributed by atoms with Gasteiger partial charge in [-0.15, -0.1) is 6.42 Å². The minimum absolute atomic E-state index is 0.0141. The summed E-state index contributed by atoms with van der Waals surface area (Å²) in [7, 11) is 0. The number of aromatic nitrogens is 4. The fourth-order valence-electron chi connectivity index (χ4n) is 2.95. The summed E-state index contributed by atoms with van der Waals surface area (Å²) in [5.74, 6) is 2.37. The second-order valence-electron chi connectivity index (χ2n) is 6.24. The summed E-state index contributed by atoms with van der Waals surface area (Å²) in [5, 5.41) is 22.6. The minimum Gasteiger partial charge on any atom is -0.394 e. The Bertz CT molecular complexity index is 863. The molecule has 1 saturated carbocycles. The molecule has 132 valence electrons. The zero-order chi connectivity index (χ0) is 17.8. The van der Waals surface area contributed by atoms with Crippen molar-refractivity contribution in [1.29, 1.82) is 0 Å². The molecular formula is C15H17FN6O3. The molecule has 0 bridgehead atoms. The third-order valence-corrected chi connectivity index (χ3v) is 4.46. The van der Waals surface area contributed by atoms with Crippen LogP contribution in [0.3, 0.4) is 0 Å². The molecule has 2 aromatic rings. The van der Waals surface area contributed by atoms with Gasteiger partial charge >= 0.3 is 0 Å². The zero-order valence-electron chi connectivity index (χ0n) is 13.1. The Labute approximate surface area is 142 Å². The summed E-state index contributed by atoms with van der Waals surface area (Å²) < 4.78 is 21.9. The maximum atomic E-state index is 15.2. The summed E-state index contributed by atoms with van der Waals surface area (Å²) in [6, 6.07) is 0.303. The average molecular weight is 348 g/mol. The lowest BCUT2D eigenvalue weighted by Gasteiger charge is -2.23. The predicted octanol–water partition coefficient (Wildman–Crippen LogP) is -0.425. The number of hydrogen-bond donors (Lipinski definition) is 4. The number of alkyl halides is 1. The number of fused-ring (bicyclic) bond motifs is 1. The molecular weight excluding hydrogens is 331 g/mol. The number of ether oxygens (including phenoxy) is 1. The van der Waals surface area contributed by atoms with Crippen LogP contribution in [0, 0.1) is 12.3 Å². The molecule has 0 spiro atoms. The standard InChI is InChI=1S/C15H17FN6O3/c1-2-15(16)10(24)8(5-23)25-13(15)22-6-18-9-11(19-7-3-4-7)20-14(17)21-12(9)22/h1,6-8,10,13,23-24H,3-5H2,(H3,17,19,20,21). The van der Waals surface area contributed by atoms with Gasteiger partial charge in [0, 0.05) is 6.04 Å². The van der Waals surface area contributed by atoms with E-state index in [0.29, 0.717) is 17.4 Å². The number of imidazole rings is 1. The van der Waals surface area contributed by atoms with Gasteiger partial charge in [-0.3, -0.25) is 4.57 Å². The fourth-order valence-corrected chi connectivity index (χ4v) is 2.95. The molecule has 5 N–H and O–H groups in total. The highest BCUT2D eigenvalue weighted by Gasteiger charge is 2.57. The van der Waals surface area contributed by atoms with Gasteiger partial charge < -0.3 is 26.0 Å². The van der Waals surface area contributed by atoms with Gasteiger partial charge in [-0.05, 0) is 12.8 Å². The maximum Gasteiger partial charge on any atom is 0.243 e. The molecule has 4 rings (SSSR count). The Morgan fingerprint density at radius 2 is 2.28 bits per heavy atom. The molecule has 0 radical (unpaired) electrons. The lowest BCUT2D eigenvalue weighted by molar-refractivity contribution is -0.0504. The third kappa shape index (κ3) is 2.39. The van der Waals surface area contributed by atoms with Crippen LogP contribution in [-0.4, -0.2) is 60.3 Å². The number of nitrogens with one attached hydrogen (secondary N) is 1. The minimum atomic E-state index is -2.55. The van der Waals surface area contributed by atoms with Crippen molar-refractivity contribution in [2.45, 2.75) is 43.0 Å². The van der Waals surface area contributed by atoms with E-state index in [1.54, 1.807) is 0 Å². The van der Waals surface area contributed by atoms with Crippen LogP contribution in [0.4, 0.5) is 16.2 Å². The number of halogens is 1. The Hall–Kier alpha value is -2.48. The molecule has 3 heterocycles. The van der Waals surface area contributed by atoms with Gasteiger partial charge in [-0.2, -0.15) is 9.97 Å². The van der Waals surface area contributed by atoms with Gasteiger partial charge in [0.05, 0.1) is 12.9 Å². The van der Waals surface area contributed by atoms with Crippen molar-refractivity contribution in [3.05, 3.63) is 6.33 Å². The van der Waals surface area contributed by atoms with Crippen LogP contribution in [0.25, 0.3) is 11.2 Å². The predicted molar refractivity (Wildman–Crippen MR) is 86.1 cm³/mol. The van der Waals surface area contributed by atoms with Crippen LogP contribution in [-0.2, 0) is 4.74 Å². The smallest absolute Gasteiger partial charge is 0.243 e. The summed E-state index contributed by atoms with van der Waals surface area (Å²) in [5.41, 5.74) is 3.83. The largest absolute Gasteiger partial charge is 0.394 e. The first-order chi connectivity index (χ1) is 12.0. The van der Waals surface area contributed by atoms with E-state index < -0.39 is 30.7 Å². The van der Waals surface area contributed by atoms with Gasteiger partial charge in [0.15, 0.2) is 23.2 Å². The zero-order valence-corrected chi connectivity index (χ0v) is 13.1. The number of anilines is 2. The number of nitrogen functional groups attached to an aromatic ring is 1. The number of hydrogen-bond acceptors (Lipinski definition) is 8. The number of nitrogens with two attached hydrogens (primary N) is 1. The van der Waals surface area contributed by atoms with Crippen LogP contribution in [0.5, 0.6) is 0 Å². The van der Waals surface area contributed by atoms with Crippen molar-refractivity contribution < 1.29 is 19.3 Å². The topological polar surface area (TPSA) is 131 Å². The molecule has 25 heavy (non-hydrogen) atoms. The summed E-state index contributed by atoms with van der Waals surface area (Å²) in [6.45, 7) is -0.580. The van der Waals surface area contributed by atoms with Crippen molar-refractivity contribution in [2.24, 2.45) is 0 Å². The Morgan fingerprint density at radius 1 is 1.52 bits per heavy atom. The van der Waals surface area contributed by atoms with E-state index in [4.69, 9.17) is 16.9 Å². The second kappa shape index (κ2) is 5.52. The lowest BCUT2D eigenvalue weighted by Crippen LogP contribution is -2.42. The highest BCUT2D eigenvalue weighted by Crippen LogP contribution is 2.42. The van der Waals surface area contributed by atoms with E-state index in [1.807, 2.05) is 5.92 Å². The van der Waals surface area contributed by atoms with Crippen LogP contribution in [0.1, 0.15) is 19.1 Å². The molecule has 2 aromatic heterocycles. The van der Waals surface area contributed by atoms with E-state index >= 15 is 4.39 Å². The van der Waals surface area contributed by atoms with Crippen LogP contribution in [0.15, 0.2) is 6.33 Å². The van der Waals surface area contributed by atoms with E-state index in [2.05, 4.69) is 20.3 Å². The van der Waals surface area contributed by atoms with E-state index in [1.165, 1.54) is 10.9 Å². The quantitative estimate of drug-likeness (QED) is 0.548. The van der Waals surface area contributed by atoms with Gasteiger partial charge in [-0.25, -0.2) is 9.37 Å². The van der Waals surface area contributed by atoms with Crippen molar-refractivity contribution in [3.63, 3.8) is 0 Å². The Balaban J connectivity index is 1.81. The molecule has 1 saturated heterocycles. The monoisotopic (exact) mass is 348 g/mol. The molecule has 2 aliphatic rings. The summed E-state index contributed by atoms with van der Waals surface area (Å²) >= 11 is 0. The van der Waals surface area contributed by atoms with Crippen LogP contribution in [0.2, 0.25) is 0 Å². The van der Waals surface area contributed by atoms with E-state index in [-0.39, 0.29) is 11.6 Å². The fraction of sp³-hybridized carbons (Fsp3) is 0.533. The van der Waals surface area contributed by atoms with Crippen molar-refractivity contribution in [3.8, 4) is 12.3 Å². The lowest BCUT2D eigenvalue weighted by atomic mass is 9.97. The van der Waals surface area contributed by atoms with Crippen LogP contribution < -0.4 is 11.1 Å². The first-order valence-corrected chi connectivity index (χ1v) is 7.85. The number of rotatable bonds is 4.